The van der Waals surface area contributed by atoms with Crippen molar-refractivity contribution in [1.82, 2.24) is 19.5 Å². The molecule has 140 valence electrons. The predicted octanol–water partition coefficient (Wildman–Crippen LogP) is 1.13. The Hall–Kier alpha value is -2.30. The second-order valence-electron chi connectivity index (χ2n) is 7.05. The van der Waals surface area contributed by atoms with Crippen LogP contribution in [0.3, 0.4) is 0 Å². The minimum atomic E-state index is -1.40. The van der Waals surface area contributed by atoms with Gasteiger partial charge < -0.3 is 19.9 Å². The number of carbonyl (C=O) groups is 1. The molecule has 2 aromatic rings. The Morgan fingerprint density at radius 2 is 2.12 bits per heavy atom. The molecule has 10 heteroatoms. The molecule has 0 saturated carbocycles. The van der Waals surface area contributed by atoms with E-state index < -0.39 is 17.5 Å². The van der Waals surface area contributed by atoms with E-state index in [0.717, 1.165) is 12.8 Å². The molecule has 10 nitrogen and oxygen atoms in total. The van der Waals surface area contributed by atoms with Crippen LogP contribution in [-0.2, 0) is 23.7 Å². The van der Waals surface area contributed by atoms with E-state index in [0.29, 0.717) is 17.0 Å². The number of aromatic nitrogens is 4. The number of fused-ring (bicyclic) bond motifs is 1. The molecular weight excluding hydrogens is 342 g/mol. The summed E-state index contributed by atoms with van der Waals surface area (Å²) < 4.78 is 24.4. The van der Waals surface area contributed by atoms with Gasteiger partial charge in [-0.25, -0.2) is 19.7 Å². The number of nitrogen functional groups attached to an aromatic ring is 1. The molecule has 0 aromatic carbocycles. The number of hydrogen-bond acceptors (Lipinski definition) is 9. The van der Waals surface area contributed by atoms with Crippen molar-refractivity contribution in [2.24, 2.45) is 0 Å². The molecule has 1 unspecified atom stereocenters. The van der Waals surface area contributed by atoms with E-state index in [1.165, 1.54) is 6.33 Å². The normalized spacial score (nSPS) is 30.8. The van der Waals surface area contributed by atoms with Crippen molar-refractivity contribution in [3.63, 3.8) is 0 Å². The summed E-state index contributed by atoms with van der Waals surface area (Å²) in [6.45, 7) is 5.10. The van der Waals surface area contributed by atoms with Crippen molar-refractivity contribution in [2.75, 3.05) is 12.3 Å². The highest BCUT2D eigenvalue weighted by Crippen LogP contribution is 2.35. The summed E-state index contributed by atoms with van der Waals surface area (Å²) in [5.41, 5.74) is 5.98. The zero-order chi connectivity index (χ0) is 18.5. The van der Waals surface area contributed by atoms with E-state index in [1.807, 2.05) is 4.57 Å². The summed E-state index contributed by atoms with van der Waals surface area (Å²) in [4.78, 5) is 24.2. The van der Waals surface area contributed by atoms with Gasteiger partial charge in [0.2, 0.25) is 0 Å². The fourth-order valence-electron chi connectivity index (χ4n) is 3.22. The molecule has 0 aliphatic carbocycles. The number of esters is 1. The summed E-state index contributed by atoms with van der Waals surface area (Å²) in [5, 5.41) is 0. The maximum atomic E-state index is 11.8. The summed E-state index contributed by atoms with van der Waals surface area (Å²) in [7, 11) is 0. The Morgan fingerprint density at radius 1 is 1.31 bits per heavy atom. The molecule has 4 heterocycles. The lowest BCUT2D eigenvalue weighted by molar-refractivity contribution is -0.334. The average Bonchev–Trinajstić information content (AvgIpc) is 3.23. The molecule has 26 heavy (non-hydrogen) atoms. The van der Waals surface area contributed by atoms with Crippen LogP contribution >= 0.6 is 0 Å². The van der Waals surface area contributed by atoms with Gasteiger partial charge in [-0.3, -0.25) is 9.30 Å². The van der Waals surface area contributed by atoms with Gasteiger partial charge in [-0.1, -0.05) is 0 Å². The maximum Gasteiger partial charge on any atom is 0.342 e. The number of carbonyl (C=O) groups excluding carboxylic acids is 1. The van der Waals surface area contributed by atoms with Gasteiger partial charge in [0, 0.05) is 6.92 Å². The maximum absolute atomic E-state index is 11.8. The van der Waals surface area contributed by atoms with Crippen LogP contribution in [0, 0.1) is 0 Å². The van der Waals surface area contributed by atoms with Crippen LogP contribution in [0.15, 0.2) is 12.7 Å². The largest absolute Gasteiger partial charge is 0.406 e. The number of hydrogen-bond donors (Lipinski definition) is 1. The van der Waals surface area contributed by atoms with Gasteiger partial charge in [-0.05, 0) is 26.7 Å². The van der Waals surface area contributed by atoms with Crippen LogP contribution in [-0.4, -0.2) is 49.8 Å². The average molecular weight is 363 g/mol. The fraction of sp³-hybridized carbons (Fsp3) is 0.625. The number of imidazole rings is 1. The van der Waals surface area contributed by atoms with Gasteiger partial charge in [-0.2, -0.15) is 0 Å². The molecule has 0 amide bonds. The number of cyclic esters (lactones) is 1. The van der Waals surface area contributed by atoms with Crippen molar-refractivity contribution in [2.45, 2.75) is 57.5 Å². The number of nitrogens with zero attached hydrogens (tertiary/aromatic N) is 4. The van der Waals surface area contributed by atoms with E-state index >= 15 is 0 Å². The second kappa shape index (κ2) is 5.86. The van der Waals surface area contributed by atoms with E-state index in [9.17, 15) is 4.79 Å². The summed E-state index contributed by atoms with van der Waals surface area (Å²) in [5.74, 6) is -1.51. The highest BCUT2D eigenvalue weighted by Gasteiger charge is 2.51. The van der Waals surface area contributed by atoms with Gasteiger partial charge in [0.15, 0.2) is 17.1 Å². The van der Waals surface area contributed by atoms with E-state index in [2.05, 4.69) is 15.0 Å². The van der Waals surface area contributed by atoms with E-state index in [-0.39, 0.29) is 18.9 Å². The van der Waals surface area contributed by atoms with Crippen molar-refractivity contribution < 1.29 is 23.7 Å². The lowest BCUT2D eigenvalue weighted by Crippen LogP contribution is -2.35. The molecule has 3 atom stereocenters. The van der Waals surface area contributed by atoms with E-state index in [1.54, 1.807) is 27.1 Å². The first-order valence-corrected chi connectivity index (χ1v) is 8.43. The number of anilines is 1. The molecule has 0 spiro atoms. The van der Waals surface area contributed by atoms with Crippen molar-refractivity contribution >= 4 is 23.0 Å². The second-order valence-corrected chi connectivity index (χ2v) is 7.05. The van der Waals surface area contributed by atoms with Crippen LogP contribution in [0.1, 0.15) is 39.8 Å². The highest BCUT2D eigenvalue weighted by atomic mass is 16.9. The number of nitrogens with two attached hydrogens (primary N) is 1. The van der Waals surface area contributed by atoms with Crippen LogP contribution in [0.5, 0.6) is 0 Å². The van der Waals surface area contributed by atoms with Crippen molar-refractivity contribution in [1.29, 1.82) is 0 Å². The summed E-state index contributed by atoms with van der Waals surface area (Å²) in [6, 6.07) is 0. The van der Waals surface area contributed by atoms with Crippen molar-refractivity contribution in [3.8, 4) is 0 Å². The Labute approximate surface area is 149 Å². The van der Waals surface area contributed by atoms with E-state index in [4.69, 9.17) is 24.7 Å². The minimum Gasteiger partial charge on any atom is -0.406 e. The third-order valence-electron chi connectivity index (χ3n) is 4.52. The minimum absolute atomic E-state index is 0.167. The number of ether oxygens (including phenoxy) is 4. The number of rotatable bonds is 4. The van der Waals surface area contributed by atoms with Gasteiger partial charge in [0.05, 0.1) is 19.0 Å². The third-order valence-corrected chi connectivity index (χ3v) is 4.52. The smallest absolute Gasteiger partial charge is 0.342 e. The zero-order valence-corrected chi connectivity index (χ0v) is 14.8. The molecule has 2 aliphatic heterocycles. The standard InChI is InChI=1S/C16H21N5O5/c1-15(2)14(22)25-16(3,26-15)23-6-9-4-5-10(24-9)21-8-20-11-12(17)18-7-19-13(11)21/h7-10H,4-6H2,1-3H3,(H2,17,18,19)/t9-,10+,16?/m0/s1. The first-order valence-electron chi connectivity index (χ1n) is 8.43. The van der Waals surface area contributed by atoms with Gasteiger partial charge in [0.1, 0.15) is 18.1 Å². The van der Waals surface area contributed by atoms with Crippen LogP contribution < -0.4 is 5.73 Å². The Morgan fingerprint density at radius 3 is 2.85 bits per heavy atom. The predicted molar refractivity (Wildman–Crippen MR) is 88.5 cm³/mol. The lowest BCUT2D eigenvalue weighted by Gasteiger charge is -2.25. The first kappa shape index (κ1) is 17.1. The quantitative estimate of drug-likeness (QED) is 0.796. The monoisotopic (exact) mass is 363 g/mol. The molecule has 2 N–H and O–H groups in total. The third kappa shape index (κ3) is 2.89. The summed E-state index contributed by atoms with van der Waals surface area (Å²) >= 11 is 0. The fourth-order valence-corrected chi connectivity index (χ4v) is 3.22. The molecule has 0 bridgehead atoms. The molecular formula is C16H21N5O5. The Balaban J connectivity index is 1.40. The Bertz CT molecular complexity index is 853. The highest BCUT2D eigenvalue weighted by molar-refractivity contribution is 5.81. The summed E-state index contributed by atoms with van der Waals surface area (Å²) in [6.07, 6.45) is 4.21. The molecule has 2 aromatic heterocycles. The molecule has 2 fully saturated rings. The van der Waals surface area contributed by atoms with Crippen LogP contribution in [0.4, 0.5) is 5.82 Å². The SMILES string of the molecule is CC1(OC[C@@H]2CC[C@H](n3cnc4c(N)ncnc43)O2)OC(=O)C(C)(C)O1. The Kier molecular flexibility index (Phi) is 3.86. The van der Waals surface area contributed by atoms with Gasteiger partial charge >= 0.3 is 11.9 Å². The van der Waals surface area contributed by atoms with Gasteiger partial charge in [-0.15, -0.1) is 0 Å². The van der Waals surface area contributed by atoms with Crippen LogP contribution in [0.25, 0.3) is 11.2 Å². The lowest BCUT2D eigenvalue weighted by atomic mass is 10.1. The van der Waals surface area contributed by atoms with Crippen LogP contribution in [0.2, 0.25) is 0 Å². The topological polar surface area (TPSA) is 124 Å². The van der Waals surface area contributed by atoms with Gasteiger partial charge in [0.25, 0.3) is 0 Å². The zero-order valence-electron chi connectivity index (χ0n) is 14.8. The first-order chi connectivity index (χ1) is 12.3. The van der Waals surface area contributed by atoms with Crippen molar-refractivity contribution in [3.05, 3.63) is 12.7 Å². The molecule has 4 rings (SSSR count). The molecule has 2 aliphatic rings. The molecule has 2 saturated heterocycles. The molecule has 0 radical (unpaired) electrons.